The van der Waals surface area contributed by atoms with Gasteiger partial charge in [-0.1, -0.05) is 97.1 Å². The molecule has 7 heteroatoms. The van der Waals surface area contributed by atoms with Crippen LogP contribution in [0.15, 0.2) is 145 Å². The number of benzene rings is 5. The zero-order valence-corrected chi connectivity index (χ0v) is 22.3. The van der Waals surface area contributed by atoms with Gasteiger partial charge in [0.2, 0.25) is 0 Å². The average molecular weight is 571 g/mol. The largest absolute Gasteiger partial charge is 0.430 e. The molecule has 0 aliphatic heterocycles. The van der Waals surface area contributed by atoms with Crippen molar-refractivity contribution in [2.75, 3.05) is 0 Å². The maximum atomic E-state index is 13.4. The van der Waals surface area contributed by atoms with Crippen molar-refractivity contribution in [3.8, 4) is 56.0 Å². The number of allylic oxidation sites excluding steroid dienone is 1. The molecule has 5 aromatic rings. The average Bonchev–Trinajstić information content (AvgIpc) is 3.02. The Morgan fingerprint density at radius 2 is 0.571 bits per heavy atom. The summed E-state index contributed by atoms with van der Waals surface area (Å²) < 4.78 is 73.0. The van der Waals surface area contributed by atoms with Crippen LogP contribution in [0.1, 0.15) is 6.92 Å². The van der Waals surface area contributed by atoms with Gasteiger partial charge in [-0.3, -0.25) is 0 Å². The van der Waals surface area contributed by atoms with Gasteiger partial charge in [0.05, 0.1) is 0 Å². The van der Waals surface area contributed by atoms with Crippen LogP contribution in [-0.2, 0) is 0 Å². The van der Waals surface area contributed by atoms with E-state index < -0.39 is 23.9 Å². The third-order valence-electron chi connectivity index (χ3n) is 6.53. The van der Waals surface area contributed by atoms with Crippen LogP contribution >= 0.6 is 0 Å². The van der Waals surface area contributed by atoms with Gasteiger partial charge in [-0.2, -0.15) is 17.6 Å². The Balaban J connectivity index is 1.24. The number of halogens is 5. The van der Waals surface area contributed by atoms with Crippen LogP contribution in [0.25, 0.3) is 44.5 Å². The van der Waals surface area contributed by atoms with Crippen molar-refractivity contribution in [1.82, 2.24) is 0 Å². The first-order valence-corrected chi connectivity index (χ1v) is 12.9. The Bertz CT molecular complexity index is 1580. The molecule has 0 saturated heterocycles. The number of hydrogen-bond donors (Lipinski definition) is 0. The van der Waals surface area contributed by atoms with E-state index in [1.165, 1.54) is 12.1 Å². The highest BCUT2D eigenvalue weighted by Gasteiger charge is 2.09. The lowest BCUT2D eigenvalue weighted by Gasteiger charge is -2.09. The Hall–Kier alpha value is -5.17. The first kappa shape index (κ1) is 28.4. The van der Waals surface area contributed by atoms with Crippen molar-refractivity contribution >= 4 is 0 Å². The molecule has 0 aliphatic carbocycles. The van der Waals surface area contributed by atoms with Crippen LogP contribution in [0.4, 0.5) is 22.0 Å². The van der Waals surface area contributed by atoms with E-state index in [0.717, 1.165) is 51.4 Å². The van der Waals surface area contributed by atoms with Gasteiger partial charge in [-0.05, 0) is 75.7 Å². The molecule has 5 aromatic carbocycles. The van der Waals surface area contributed by atoms with Gasteiger partial charge in [0.25, 0.3) is 0 Å². The topological polar surface area (TPSA) is 18.5 Å². The van der Waals surface area contributed by atoms with Gasteiger partial charge >= 0.3 is 18.1 Å². The van der Waals surface area contributed by atoms with Crippen molar-refractivity contribution in [2.24, 2.45) is 0 Å². The van der Waals surface area contributed by atoms with Gasteiger partial charge in [0.15, 0.2) is 5.83 Å². The number of rotatable bonds is 8. The van der Waals surface area contributed by atoms with Crippen LogP contribution < -0.4 is 9.47 Å². The highest BCUT2D eigenvalue weighted by atomic mass is 19.3. The Labute approximate surface area is 239 Å². The fraction of sp³-hybridized carbons (Fsp3) is 0.0286. The van der Waals surface area contributed by atoms with E-state index in [4.69, 9.17) is 4.74 Å². The van der Waals surface area contributed by atoms with Gasteiger partial charge < -0.3 is 9.47 Å². The summed E-state index contributed by atoms with van der Waals surface area (Å²) in [6.07, 6.45) is -2.50. The van der Waals surface area contributed by atoms with Crippen molar-refractivity contribution in [1.29, 1.82) is 0 Å². The van der Waals surface area contributed by atoms with E-state index >= 15 is 0 Å². The van der Waals surface area contributed by atoms with Gasteiger partial charge in [0, 0.05) is 0 Å². The minimum absolute atomic E-state index is 0.0172. The predicted molar refractivity (Wildman–Crippen MR) is 155 cm³/mol. The minimum Gasteiger partial charge on any atom is -0.430 e. The van der Waals surface area contributed by atoms with Crippen molar-refractivity contribution < 1.29 is 31.4 Å². The lowest BCUT2D eigenvalue weighted by atomic mass is 9.97. The molecule has 0 fully saturated rings. The summed E-state index contributed by atoms with van der Waals surface area (Å²) in [5.74, 6) is -0.817. The summed E-state index contributed by atoms with van der Waals surface area (Å²) in [6, 6.07) is 33.9. The number of hydrogen-bond acceptors (Lipinski definition) is 2. The van der Waals surface area contributed by atoms with Gasteiger partial charge in [0.1, 0.15) is 11.5 Å². The molecule has 0 aromatic heterocycles. The second-order valence-corrected chi connectivity index (χ2v) is 9.33. The monoisotopic (exact) mass is 570 g/mol. The molecule has 0 radical (unpaired) electrons. The lowest BCUT2D eigenvalue weighted by Crippen LogP contribution is -1.91. The second-order valence-electron chi connectivity index (χ2n) is 9.33. The molecule has 0 atom stereocenters. The molecule has 0 bridgehead atoms. The Kier molecular flexibility index (Phi) is 8.48. The molecule has 0 N–H and O–H groups in total. The zero-order valence-electron chi connectivity index (χ0n) is 22.3. The van der Waals surface area contributed by atoms with Crippen LogP contribution in [0.2, 0.25) is 0 Å². The molecule has 2 nitrogen and oxygen atoms in total. The normalized spacial score (nSPS) is 11.5. The minimum atomic E-state index is -2.50. The summed E-state index contributed by atoms with van der Waals surface area (Å²) in [5.41, 5.74) is 7.79. The third-order valence-corrected chi connectivity index (χ3v) is 6.53. The molecule has 0 aliphatic rings. The van der Waals surface area contributed by atoms with Gasteiger partial charge in [-0.25, -0.2) is 4.39 Å². The second kappa shape index (κ2) is 12.6. The van der Waals surface area contributed by atoms with Crippen LogP contribution in [0.3, 0.4) is 0 Å². The first-order valence-electron chi connectivity index (χ1n) is 12.9. The van der Waals surface area contributed by atoms with Crippen molar-refractivity contribution in [3.63, 3.8) is 0 Å². The maximum absolute atomic E-state index is 13.4. The van der Waals surface area contributed by atoms with E-state index in [1.807, 2.05) is 72.8 Å². The fourth-order valence-electron chi connectivity index (χ4n) is 4.31. The summed E-state index contributed by atoms with van der Waals surface area (Å²) in [7, 11) is 0. The molecule has 0 heterocycles. The molecule has 0 amide bonds. The van der Waals surface area contributed by atoms with Crippen LogP contribution in [0.5, 0.6) is 11.5 Å². The molecule has 0 spiro atoms. The van der Waals surface area contributed by atoms with Crippen molar-refractivity contribution in [3.05, 3.63) is 145 Å². The summed E-state index contributed by atoms with van der Waals surface area (Å²) in [5, 5.41) is 0. The standard InChI is InChI=1S/C35H23F5O2/c1-22(36)34(39)41-31-18-14-29(15-19-31)27-10-6-25(7-11-27)23-2-4-24(5-3-23)26-8-12-28(13-9-26)30-16-20-32(21-17-30)42-35(40)33(37)38/h2-21H,1H3/b34-22-. The molecular formula is C35H23F5O2. The summed E-state index contributed by atoms with van der Waals surface area (Å²) in [6.45, 7) is 0.992. The highest BCUT2D eigenvalue weighted by molar-refractivity contribution is 5.75. The molecule has 0 unspecified atom stereocenters. The molecule has 42 heavy (non-hydrogen) atoms. The van der Waals surface area contributed by atoms with Crippen LogP contribution in [0, 0.1) is 0 Å². The highest BCUT2D eigenvalue weighted by Crippen LogP contribution is 2.31. The quantitative estimate of drug-likeness (QED) is 0.136. The van der Waals surface area contributed by atoms with E-state index in [-0.39, 0.29) is 11.5 Å². The van der Waals surface area contributed by atoms with Crippen molar-refractivity contribution in [2.45, 2.75) is 6.92 Å². The maximum Gasteiger partial charge on any atom is 0.344 e. The molecule has 5 rings (SSSR count). The Morgan fingerprint density at radius 1 is 0.357 bits per heavy atom. The van der Waals surface area contributed by atoms with E-state index in [9.17, 15) is 22.0 Å². The SMILES string of the molecule is C/C(F)=C(\F)Oc1ccc(-c2ccc(-c3ccc(-c4ccc(-c5ccc(OC(F)=C(F)F)cc5)cc4)cc3)cc2)cc1. The smallest absolute Gasteiger partial charge is 0.344 e. The molecular weight excluding hydrogens is 547 g/mol. The third kappa shape index (κ3) is 6.75. The lowest BCUT2D eigenvalue weighted by molar-refractivity contribution is 0.241. The summed E-state index contributed by atoms with van der Waals surface area (Å²) >= 11 is 0. The van der Waals surface area contributed by atoms with E-state index in [0.29, 0.717) is 0 Å². The van der Waals surface area contributed by atoms with E-state index in [2.05, 4.69) is 4.74 Å². The predicted octanol–water partition coefficient (Wildman–Crippen LogP) is 11.3. The fourth-order valence-corrected chi connectivity index (χ4v) is 4.31. The molecule has 210 valence electrons. The Morgan fingerprint density at radius 3 is 0.786 bits per heavy atom. The first-order chi connectivity index (χ1) is 20.3. The molecule has 0 saturated carbocycles. The zero-order chi connectivity index (χ0) is 29.6. The van der Waals surface area contributed by atoms with E-state index in [1.54, 1.807) is 36.4 Å². The number of ether oxygens (including phenoxy) is 2. The summed E-state index contributed by atoms with van der Waals surface area (Å²) in [4.78, 5) is 0. The van der Waals surface area contributed by atoms with Gasteiger partial charge in [-0.15, -0.1) is 0 Å². The van der Waals surface area contributed by atoms with Crippen LogP contribution in [-0.4, -0.2) is 0 Å².